The minimum absolute atomic E-state index is 0.638. The second-order valence-electron chi connectivity index (χ2n) is 14.3. The van der Waals surface area contributed by atoms with Crippen molar-refractivity contribution in [1.29, 1.82) is 0 Å². The number of para-hydroxylation sites is 2. The number of pyridine rings is 1. The van der Waals surface area contributed by atoms with E-state index in [1.165, 1.54) is 10.8 Å². The third kappa shape index (κ3) is 5.74. The second kappa shape index (κ2) is 14.0. The molecule has 0 amide bonds. The summed E-state index contributed by atoms with van der Waals surface area (Å²) in [6.45, 7) is 0. The minimum Gasteiger partial charge on any atom is -0.307 e. The summed E-state index contributed by atoms with van der Waals surface area (Å²) >= 11 is 0. The van der Waals surface area contributed by atoms with Crippen molar-refractivity contribution in [2.75, 3.05) is 0 Å². The summed E-state index contributed by atoms with van der Waals surface area (Å²) in [5.74, 6) is 1.43. The summed E-state index contributed by atoms with van der Waals surface area (Å²) in [6.07, 6.45) is 1.89. The van der Waals surface area contributed by atoms with E-state index in [0.717, 1.165) is 84.2 Å². The van der Waals surface area contributed by atoms with Gasteiger partial charge in [0.2, 0.25) is 0 Å². The first-order chi connectivity index (χ1) is 28.8. The molecule has 6 nitrogen and oxygen atoms in total. The number of rotatable bonds is 7. The van der Waals surface area contributed by atoms with Crippen molar-refractivity contribution in [2.24, 2.45) is 0 Å². The smallest absolute Gasteiger partial charge is 0.167 e. The van der Waals surface area contributed by atoms with E-state index in [1.54, 1.807) is 0 Å². The van der Waals surface area contributed by atoms with E-state index in [-0.39, 0.29) is 0 Å². The van der Waals surface area contributed by atoms with Crippen molar-refractivity contribution in [3.05, 3.63) is 206 Å². The van der Waals surface area contributed by atoms with Gasteiger partial charge in [-0.15, -0.1) is 0 Å². The van der Waals surface area contributed by atoms with Gasteiger partial charge >= 0.3 is 0 Å². The standard InChI is InChI=1S/C52H34N6/c1-4-15-35(16-5-1)36-27-29-39(30-28-36)51-56-49-48(58-46-25-12-10-23-42(46)43-24-11-13-26-47(43)58)31-32-53-52(49)57(51)41-22-14-21-40(33-41)50-54-44(37-17-6-2-7-18-37)34-45(55-50)38-19-8-3-9-20-38/h1-34H. The molecule has 272 valence electrons. The highest BCUT2D eigenvalue weighted by molar-refractivity contribution is 6.10. The summed E-state index contributed by atoms with van der Waals surface area (Å²) in [7, 11) is 0. The normalized spacial score (nSPS) is 11.4. The molecule has 0 aliphatic rings. The highest BCUT2D eigenvalue weighted by atomic mass is 15.2. The number of imidazole rings is 1. The van der Waals surface area contributed by atoms with Crippen molar-refractivity contribution in [3.63, 3.8) is 0 Å². The molecule has 7 aromatic carbocycles. The summed E-state index contributed by atoms with van der Waals surface area (Å²) in [6, 6.07) is 69.3. The molecule has 11 rings (SSSR count). The van der Waals surface area contributed by atoms with Gasteiger partial charge in [-0.1, -0.05) is 164 Å². The fourth-order valence-electron chi connectivity index (χ4n) is 8.08. The van der Waals surface area contributed by atoms with Crippen LogP contribution in [0.3, 0.4) is 0 Å². The average Bonchev–Trinajstić information content (AvgIpc) is 3.87. The molecular formula is C52H34N6. The molecule has 0 saturated carbocycles. The van der Waals surface area contributed by atoms with Crippen molar-refractivity contribution >= 4 is 33.0 Å². The monoisotopic (exact) mass is 742 g/mol. The van der Waals surface area contributed by atoms with E-state index in [4.69, 9.17) is 19.9 Å². The largest absolute Gasteiger partial charge is 0.307 e. The quantitative estimate of drug-likeness (QED) is 0.163. The molecule has 0 N–H and O–H groups in total. The maximum Gasteiger partial charge on any atom is 0.167 e. The van der Waals surface area contributed by atoms with Crippen LogP contribution in [0.5, 0.6) is 0 Å². The van der Waals surface area contributed by atoms with Crippen molar-refractivity contribution < 1.29 is 0 Å². The third-order valence-electron chi connectivity index (χ3n) is 10.8. The Morgan fingerprint density at radius 3 is 1.50 bits per heavy atom. The molecule has 0 saturated heterocycles. The number of fused-ring (bicyclic) bond motifs is 4. The summed E-state index contributed by atoms with van der Waals surface area (Å²) < 4.78 is 4.49. The van der Waals surface area contributed by atoms with E-state index in [0.29, 0.717) is 5.82 Å². The SMILES string of the molecule is c1ccc(-c2ccc(-c3nc4c(-n5c6ccccc6c6ccccc65)ccnc4n3-c3cccc(-c4nc(-c5ccccc5)cc(-c5ccccc5)n4)c3)cc2)cc1. The van der Waals surface area contributed by atoms with E-state index < -0.39 is 0 Å². The Kier molecular flexibility index (Phi) is 8.04. The Balaban J connectivity index is 1.13. The van der Waals surface area contributed by atoms with Gasteiger partial charge in [-0.05, 0) is 47.5 Å². The van der Waals surface area contributed by atoms with Gasteiger partial charge in [0.15, 0.2) is 11.5 Å². The zero-order valence-corrected chi connectivity index (χ0v) is 31.3. The van der Waals surface area contributed by atoms with Crippen LogP contribution in [0, 0.1) is 0 Å². The van der Waals surface area contributed by atoms with Gasteiger partial charge in [-0.2, -0.15) is 0 Å². The second-order valence-corrected chi connectivity index (χ2v) is 14.3. The van der Waals surface area contributed by atoms with Crippen LogP contribution in [-0.4, -0.2) is 29.1 Å². The van der Waals surface area contributed by atoms with Gasteiger partial charge in [0.25, 0.3) is 0 Å². The van der Waals surface area contributed by atoms with Gasteiger partial charge in [-0.25, -0.2) is 19.9 Å². The number of aromatic nitrogens is 6. The molecule has 11 aromatic rings. The Bertz CT molecular complexity index is 3150. The Hall–Kier alpha value is -7.96. The topological polar surface area (TPSA) is 61.4 Å². The van der Waals surface area contributed by atoms with Crippen LogP contribution >= 0.6 is 0 Å². The summed E-state index contributed by atoms with van der Waals surface area (Å²) in [4.78, 5) is 20.9. The van der Waals surface area contributed by atoms with Crippen LogP contribution < -0.4 is 0 Å². The molecule has 0 radical (unpaired) electrons. The van der Waals surface area contributed by atoms with E-state index in [9.17, 15) is 0 Å². The lowest BCUT2D eigenvalue weighted by atomic mass is 10.0. The zero-order valence-electron chi connectivity index (χ0n) is 31.3. The average molecular weight is 743 g/mol. The van der Waals surface area contributed by atoms with E-state index in [2.05, 4.69) is 167 Å². The van der Waals surface area contributed by atoms with Crippen LogP contribution in [0.1, 0.15) is 0 Å². The van der Waals surface area contributed by atoms with Crippen LogP contribution in [0.4, 0.5) is 0 Å². The third-order valence-corrected chi connectivity index (χ3v) is 10.8. The first kappa shape index (κ1) is 33.4. The van der Waals surface area contributed by atoms with E-state index in [1.807, 2.05) is 48.7 Å². The molecule has 0 aliphatic heterocycles. The summed E-state index contributed by atoms with van der Waals surface area (Å²) in [5, 5.41) is 2.39. The molecule has 0 bridgehead atoms. The van der Waals surface area contributed by atoms with Gasteiger partial charge in [0.1, 0.15) is 11.3 Å². The van der Waals surface area contributed by atoms with Crippen LogP contribution in [-0.2, 0) is 0 Å². The van der Waals surface area contributed by atoms with Gasteiger partial charge in [0, 0.05) is 44.9 Å². The first-order valence-electron chi connectivity index (χ1n) is 19.4. The van der Waals surface area contributed by atoms with E-state index >= 15 is 0 Å². The molecule has 0 fully saturated rings. The van der Waals surface area contributed by atoms with Gasteiger partial charge in [-0.3, -0.25) is 4.57 Å². The lowest BCUT2D eigenvalue weighted by Crippen LogP contribution is -2.01. The highest BCUT2D eigenvalue weighted by Crippen LogP contribution is 2.37. The molecule has 0 unspecified atom stereocenters. The van der Waals surface area contributed by atoms with Gasteiger partial charge < -0.3 is 4.57 Å². The number of hydrogen-bond acceptors (Lipinski definition) is 4. The predicted octanol–water partition coefficient (Wildman–Crippen LogP) is 12.6. The minimum atomic E-state index is 0.638. The summed E-state index contributed by atoms with van der Waals surface area (Å²) in [5.41, 5.74) is 13.6. The lowest BCUT2D eigenvalue weighted by Gasteiger charge is -2.13. The van der Waals surface area contributed by atoms with Crippen LogP contribution in [0.2, 0.25) is 0 Å². The number of benzene rings is 7. The zero-order chi connectivity index (χ0) is 38.4. The molecule has 0 spiro atoms. The molecule has 58 heavy (non-hydrogen) atoms. The van der Waals surface area contributed by atoms with Crippen molar-refractivity contribution in [2.45, 2.75) is 0 Å². The molecule has 0 atom stereocenters. The van der Waals surface area contributed by atoms with Crippen LogP contribution in [0.25, 0.3) is 101 Å². The number of nitrogens with zero attached hydrogens (tertiary/aromatic N) is 6. The maximum absolute atomic E-state index is 5.49. The predicted molar refractivity (Wildman–Crippen MR) is 236 cm³/mol. The molecular weight excluding hydrogens is 709 g/mol. The fraction of sp³-hybridized carbons (Fsp3) is 0. The number of hydrogen-bond donors (Lipinski definition) is 0. The van der Waals surface area contributed by atoms with Gasteiger partial charge in [0.05, 0.1) is 28.1 Å². The molecule has 0 aliphatic carbocycles. The molecule has 4 aromatic heterocycles. The Morgan fingerprint density at radius 2 is 0.879 bits per heavy atom. The Labute approximate surface area is 335 Å². The fourth-order valence-corrected chi connectivity index (χ4v) is 8.08. The van der Waals surface area contributed by atoms with Crippen molar-refractivity contribution in [1.82, 2.24) is 29.1 Å². The van der Waals surface area contributed by atoms with Crippen molar-refractivity contribution in [3.8, 4) is 67.8 Å². The van der Waals surface area contributed by atoms with Crippen LogP contribution in [0.15, 0.2) is 206 Å². The first-order valence-corrected chi connectivity index (χ1v) is 19.4. The lowest BCUT2D eigenvalue weighted by molar-refractivity contribution is 1.07. The highest BCUT2D eigenvalue weighted by Gasteiger charge is 2.22. The maximum atomic E-state index is 5.49. The Morgan fingerprint density at radius 1 is 0.362 bits per heavy atom. The molecule has 6 heteroatoms. The molecule has 4 heterocycles.